The molecule has 0 radical (unpaired) electrons. The number of carbonyl (C=O) groups is 1. The Hall–Kier alpha value is -2.47. The molecule has 6 heteroatoms. The molecule has 0 saturated heterocycles. The third-order valence-electron chi connectivity index (χ3n) is 3.89. The molecule has 0 saturated carbocycles. The van der Waals surface area contributed by atoms with Crippen molar-refractivity contribution in [2.75, 3.05) is 20.6 Å². The molecule has 2 rings (SSSR count). The second-order valence-electron chi connectivity index (χ2n) is 6.02. The van der Waals surface area contributed by atoms with Crippen LogP contribution >= 0.6 is 0 Å². The van der Waals surface area contributed by atoms with Crippen LogP contribution in [0.3, 0.4) is 0 Å². The number of halogens is 2. The zero-order valence-electron chi connectivity index (χ0n) is 14.5. The Kier molecular flexibility index (Phi) is 6.47. The summed E-state index contributed by atoms with van der Waals surface area (Å²) >= 11 is 0. The number of nitrogens with one attached hydrogen (secondary N) is 1. The molecule has 0 bridgehead atoms. The number of benzene rings is 2. The maximum atomic E-state index is 13.3. The quantitative estimate of drug-likeness (QED) is 0.856. The van der Waals surface area contributed by atoms with Gasteiger partial charge in [0, 0.05) is 12.6 Å². The second kappa shape index (κ2) is 8.58. The van der Waals surface area contributed by atoms with Crippen LogP contribution in [0.2, 0.25) is 0 Å². The van der Waals surface area contributed by atoms with E-state index in [-0.39, 0.29) is 11.6 Å². The third kappa shape index (κ3) is 5.53. The predicted octanol–water partition coefficient (Wildman–Crippen LogP) is 4.05. The molecule has 1 amide bonds. The highest BCUT2D eigenvalue weighted by Gasteiger charge is 2.17. The Morgan fingerprint density at radius 1 is 1.08 bits per heavy atom. The molecule has 0 aliphatic carbocycles. The van der Waals surface area contributed by atoms with Crippen LogP contribution in [0.15, 0.2) is 48.5 Å². The topological polar surface area (TPSA) is 41.6 Å². The van der Waals surface area contributed by atoms with E-state index in [9.17, 15) is 13.6 Å². The fraction of sp³-hybridized carbons (Fsp3) is 0.316. The molecule has 2 aromatic carbocycles. The largest absolute Gasteiger partial charge is 0.442 e. The van der Waals surface area contributed by atoms with Gasteiger partial charge in [0.05, 0.1) is 6.04 Å². The maximum absolute atomic E-state index is 13.3. The summed E-state index contributed by atoms with van der Waals surface area (Å²) in [7, 11) is 3.84. The molecule has 0 heterocycles. The first-order valence-corrected chi connectivity index (χ1v) is 7.98. The standard InChI is InChI=1S/C19H22F2N2O2/c1-13(15-9-16(20)11-17(21)10-15)25-19(24)22-12-18(23(2)3)14-7-5-4-6-8-14/h4-11,13,18H,12H2,1-3H3,(H,22,24). The number of rotatable bonds is 6. The highest BCUT2D eigenvalue weighted by molar-refractivity contribution is 5.67. The van der Waals surface area contributed by atoms with E-state index in [1.165, 1.54) is 0 Å². The predicted molar refractivity (Wildman–Crippen MR) is 92.1 cm³/mol. The van der Waals surface area contributed by atoms with E-state index in [4.69, 9.17) is 4.74 Å². The van der Waals surface area contributed by atoms with Gasteiger partial charge in [-0.3, -0.25) is 0 Å². The summed E-state index contributed by atoms with van der Waals surface area (Å²) in [5.74, 6) is -1.41. The number of likely N-dealkylation sites (N-methyl/N-ethyl adjacent to an activating group) is 1. The Morgan fingerprint density at radius 3 is 2.24 bits per heavy atom. The first-order chi connectivity index (χ1) is 11.9. The molecular weight excluding hydrogens is 326 g/mol. The second-order valence-corrected chi connectivity index (χ2v) is 6.02. The Bertz CT molecular complexity index is 688. The van der Waals surface area contributed by atoms with E-state index in [1.54, 1.807) is 6.92 Å². The molecule has 1 N–H and O–H groups in total. The molecule has 25 heavy (non-hydrogen) atoms. The molecule has 134 valence electrons. The van der Waals surface area contributed by atoms with E-state index in [0.717, 1.165) is 23.8 Å². The lowest BCUT2D eigenvalue weighted by Crippen LogP contribution is -2.35. The van der Waals surface area contributed by atoms with Gasteiger partial charge < -0.3 is 15.0 Å². The fourth-order valence-corrected chi connectivity index (χ4v) is 2.53. The molecule has 0 aromatic heterocycles. The number of carbonyl (C=O) groups excluding carboxylic acids is 1. The van der Waals surface area contributed by atoms with Crippen LogP contribution in [0.5, 0.6) is 0 Å². The number of ether oxygens (including phenoxy) is 1. The molecule has 4 nitrogen and oxygen atoms in total. The third-order valence-corrected chi connectivity index (χ3v) is 3.89. The molecule has 0 aliphatic heterocycles. The smallest absolute Gasteiger partial charge is 0.407 e. The highest BCUT2D eigenvalue weighted by atomic mass is 19.1. The van der Waals surface area contributed by atoms with Crippen LogP contribution in [0.1, 0.15) is 30.2 Å². The van der Waals surface area contributed by atoms with E-state index < -0.39 is 23.8 Å². The number of nitrogens with zero attached hydrogens (tertiary/aromatic N) is 1. The monoisotopic (exact) mass is 348 g/mol. The molecule has 0 aliphatic rings. The fourth-order valence-electron chi connectivity index (χ4n) is 2.53. The van der Waals surface area contributed by atoms with Crippen molar-refractivity contribution in [1.82, 2.24) is 10.2 Å². The molecule has 2 unspecified atom stereocenters. The van der Waals surface area contributed by atoms with Crippen molar-refractivity contribution in [3.05, 3.63) is 71.3 Å². The molecule has 2 atom stereocenters. The van der Waals surface area contributed by atoms with Gasteiger partial charge in [-0.25, -0.2) is 13.6 Å². The summed E-state index contributed by atoms with van der Waals surface area (Å²) in [6, 6.07) is 12.8. The van der Waals surface area contributed by atoms with E-state index in [1.807, 2.05) is 49.3 Å². The van der Waals surface area contributed by atoms with E-state index in [0.29, 0.717) is 6.54 Å². The van der Waals surface area contributed by atoms with Crippen LogP contribution in [-0.4, -0.2) is 31.6 Å². The first-order valence-electron chi connectivity index (χ1n) is 7.98. The first kappa shape index (κ1) is 18.9. The van der Waals surface area contributed by atoms with Gasteiger partial charge in [-0.15, -0.1) is 0 Å². The maximum Gasteiger partial charge on any atom is 0.407 e. The van der Waals surface area contributed by atoms with Crippen LogP contribution < -0.4 is 5.32 Å². The summed E-state index contributed by atoms with van der Waals surface area (Å²) in [5.41, 5.74) is 1.33. The van der Waals surface area contributed by atoms with Gasteiger partial charge >= 0.3 is 6.09 Å². The van der Waals surface area contributed by atoms with Crippen LogP contribution in [0.25, 0.3) is 0 Å². The van der Waals surface area contributed by atoms with Crippen molar-refractivity contribution < 1.29 is 18.3 Å². The summed E-state index contributed by atoms with van der Waals surface area (Å²) in [6.07, 6.45) is -1.40. The number of alkyl carbamates (subject to hydrolysis) is 1. The number of hydrogen-bond donors (Lipinski definition) is 1. The molecule has 0 fully saturated rings. The van der Waals surface area contributed by atoms with Crippen molar-refractivity contribution >= 4 is 6.09 Å². The molecule has 2 aromatic rings. The minimum Gasteiger partial charge on any atom is -0.442 e. The lowest BCUT2D eigenvalue weighted by molar-refractivity contribution is 0.104. The highest BCUT2D eigenvalue weighted by Crippen LogP contribution is 2.20. The van der Waals surface area contributed by atoms with Gasteiger partial charge in [0.2, 0.25) is 0 Å². The van der Waals surface area contributed by atoms with Crippen molar-refractivity contribution in [3.8, 4) is 0 Å². The van der Waals surface area contributed by atoms with Gasteiger partial charge in [0.25, 0.3) is 0 Å². The minimum absolute atomic E-state index is 0.0179. The summed E-state index contributed by atoms with van der Waals surface area (Å²) < 4.78 is 31.7. The van der Waals surface area contributed by atoms with Gasteiger partial charge in [0.1, 0.15) is 17.7 Å². The SMILES string of the molecule is CC(OC(=O)NCC(c1ccccc1)N(C)C)c1cc(F)cc(F)c1. The molecule has 0 spiro atoms. The van der Waals surface area contributed by atoms with Crippen molar-refractivity contribution in [3.63, 3.8) is 0 Å². The lowest BCUT2D eigenvalue weighted by Gasteiger charge is -2.25. The van der Waals surface area contributed by atoms with Crippen LogP contribution in [0, 0.1) is 11.6 Å². The van der Waals surface area contributed by atoms with Crippen LogP contribution in [0.4, 0.5) is 13.6 Å². The zero-order chi connectivity index (χ0) is 18.4. The van der Waals surface area contributed by atoms with Gasteiger partial charge in [-0.05, 0) is 44.3 Å². The van der Waals surface area contributed by atoms with Gasteiger partial charge in [-0.2, -0.15) is 0 Å². The Labute approximate surface area is 146 Å². The zero-order valence-corrected chi connectivity index (χ0v) is 14.5. The van der Waals surface area contributed by atoms with Crippen molar-refractivity contribution in [2.24, 2.45) is 0 Å². The average molecular weight is 348 g/mol. The number of hydrogen-bond acceptors (Lipinski definition) is 3. The Balaban J connectivity index is 1.94. The average Bonchev–Trinajstić information content (AvgIpc) is 2.54. The summed E-state index contributed by atoms with van der Waals surface area (Å²) in [5, 5.41) is 2.70. The van der Waals surface area contributed by atoms with Gasteiger partial charge in [-0.1, -0.05) is 30.3 Å². The summed E-state index contributed by atoms with van der Waals surface area (Å²) in [6.45, 7) is 1.91. The normalized spacial score (nSPS) is 13.4. The van der Waals surface area contributed by atoms with Gasteiger partial charge in [0.15, 0.2) is 0 Å². The number of amides is 1. The van der Waals surface area contributed by atoms with Crippen LogP contribution in [-0.2, 0) is 4.74 Å². The van der Waals surface area contributed by atoms with E-state index >= 15 is 0 Å². The minimum atomic E-state index is -0.764. The van der Waals surface area contributed by atoms with Crippen molar-refractivity contribution in [1.29, 1.82) is 0 Å². The van der Waals surface area contributed by atoms with Crippen molar-refractivity contribution in [2.45, 2.75) is 19.1 Å². The Morgan fingerprint density at radius 2 is 1.68 bits per heavy atom. The molecular formula is C19H22F2N2O2. The van der Waals surface area contributed by atoms with E-state index in [2.05, 4.69) is 5.32 Å². The lowest BCUT2D eigenvalue weighted by atomic mass is 10.1. The summed E-state index contributed by atoms with van der Waals surface area (Å²) in [4.78, 5) is 14.0.